The first-order valence-corrected chi connectivity index (χ1v) is 5.17. The monoisotopic (exact) mass is 206 g/mol. The summed E-state index contributed by atoms with van der Waals surface area (Å²) in [7, 11) is 0. The van der Waals surface area contributed by atoms with Gasteiger partial charge in [-0.3, -0.25) is 4.98 Å². The Kier molecular flexibility index (Phi) is 2.97. The van der Waals surface area contributed by atoms with Crippen molar-refractivity contribution in [3.8, 4) is 0 Å². The second-order valence-electron chi connectivity index (χ2n) is 3.48. The van der Waals surface area contributed by atoms with Crippen molar-refractivity contribution in [3.05, 3.63) is 29.1 Å². The van der Waals surface area contributed by atoms with Crippen molar-refractivity contribution in [2.45, 2.75) is 19.9 Å². The summed E-state index contributed by atoms with van der Waals surface area (Å²) in [5.74, 6) is -0.293. The fourth-order valence-electron chi connectivity index (χ4n) is 1.67. The maximum absolute atomic E-state index is 11.4. The number of ether oxygens (including phenoxy) is 1. The number of carbonyl (C=O) groups is 1. The van der Waals surface area contributed by atoms with Gasteiger partial charge in [0.25, 0.3) is 0 Å². The Bertz CT molecular complexity index is 377. The molecule has 0 unspecified atom stereocenters. The molecule has 0 saturated heterocycles. The van der Waals surface area contributed by atoms with Gasteiger partial charge in [0.1, 0.15) is 0 Å². The van der Waals surface area contributed by atoms with E-state index in [9.17, 15) is 4.79 Å². The third kappa shape index (κ3) is 2.15. The minimum absolute atomic E-state index is 0.293. The maximum Gasteiger partial charge on any atom is 0.339 e. The molecule has 0 fully saturated rings. The largest absolute Gasteiger partial charge is 0.462 e. The average Bonchev–Trinajstić information content (AvgIpc) is 2.29. The van der Waals surface area contributed by atoms with Gasteiger partial charge >= 0.3 is 5.97 Å². The Hall–Kier alpha value is -1.42. The van der Waals surface area contributed by atoms with E-state index in [0.717, 1.165) is 30.8 Å². The van der Waals surface area contributed by atoms with Crippen LogP contribution in [0.5, 0.6) is 0 Å². The molecule has 1 aromatic rings. The number of nitrogens with one attached hydrogen (secondary N) is 1. The van der Waals surface area contributed by atoms with E-state index in [1.54, 1.807) is 13.1 Å². The van der Waals surface area contributed by atoms with Gasteiger partial charge < -0.3 is 10.1 Å². The number of carbonyl (C=O) groups excluding carboxylic acids is 1. The van der Waals surface area contributed by atoms with Crippen molar-refractivity contribution in [2.24, 2.45) is 0 Å². The Balaban J connectivity index is 2.24. The second kappa shape index (κ2) is 4.40. The van der Waals surface area contributed by atoms with E-state index in [-0.39, 0.29) is 5.97 Å². The summed E-state index contributed by atoms with van der Waals surface area (Å²) in [4.78, 5) is 15.7. The smallest absolute Gasteiger partial charge is 0.339 e. The van der Waals surface area contributed by atoms with Gasteiger partial charge in [-0.15, -0.1) is 0 Å². The van der Waals surface area contributed by atoms with Crippen LogP contribution in [0.15, 0.2) is 12.3 Å². The molecule has 0 amide bonds. The highest BCUT2D eigenvalue weighted by Crippen LogP contribution is 2.13. The molecule has 0 spiro atoms. The standard InChI is InChI=1S/C11H14N2O2/c1-2-15-11(14)9-5-8-6-12-4-3-10(8)13-7-9/h5,7,12H,2-4,6H2,1H3. The van der Waals surface area contributed by atoms with Crippen LogP contribution in [-0.4, -0.2) is 24.1 Å². The van der Waals surface area contributed by atoms with Crippen molar-refractivity contribution in [1.29, 1.82) is 0 Å². The highest BCUT2D eigenvalue weighted by atomic mass is 16.5. The van der Waals surface area contributed by atoms with Gasteiger partial charge in [-0.2, -0.15) is 0 Å². The number of nitrogens with zero attached hydrogens (tertiary/aromatic N) is 1. The SMILES string of the molecule is CCOC(=O)c1cnc2c(c1)CNCC2. The summed E-state index contributed by atoms with van der Waals surface area (Å²) in [6, 6.07) is 1.87. The Labute approximate surface area is 88.7 Å². The number of fused-ring (bicyclic) bond motifs is 1. The van der Waals surface area contributed by atoms with Crippen LogP contribution in [0.1, 0.15) is 28.5 Å². The highest BCUT2D eigenvalue weighted by Gasteiger charge is 2.13. The molecular formula is C11H14N2O2. The van der Waals surface area contributed by atoms with Gasteiger partial charge in [-0.25, -0.2) is 4.79 Å². The molecule has 0 aromatic carbocycles. The molecule has 0 saturated carbocycles. The number of aromatic nitrogens is 1. The molecule has 0 aliphatic carbocycles. The minimum Gasteiger partial charge on any atom is -0.462 e. The summed E-state index contributed by atoms with van der Waals surface area (Å²) in [6.07, 6.45) is 2.53. The third-order valence-corrected chi connectivity index (χ3v) is 2.43. The average molecular weight is 206 g/mol. The number of hydrogen-bond acceptors (Lipinski definition) is 4. The molecule has 0 radical (unpaired) electrons. The molecule has 2 heterocycles. The van der Waals surface area contributed by atoms with Gasteiger partial charge in [0.05, 0.1) is 12.2 Å². The molecule has 1 N–H and O–H groups in total. The molecule has 15 heavy (non-hydrogen) atoms. The molecule has 4 nitrogen and oxygen atoms in total. The van der Waals surface area contributed by atoms with E-state index in [4.69, 9.17) is 4.74 Å². The quantitative estimate of drug-likeness (QED) is 0.730. The first kappa shape index (κ1) is 10.1. The normalized spacial score (nSPS) is 14.5. The van der Waals surface area contributed by atoms with Crippen molar-refractivity contribution >= 4 is 5.97 Å². The first-order valence-electron chi connectivity index (χ1n) is 5.17. The van der Waals surface area contributed by atoms with Gasteiger partial charge in [-0.1, -0.05) is 0 Å². The zero-order valence-electron chi connectivity index (χ0n) is 8.75. The van der Waals surface area contributed by atoms with Gasteiger partial charge in [0, 0.05) is 31.4 Å². The molecule has 1 aromatic heterocycles. The Morgan fingerprint density at radius 1 is 1.67 bits per heavy atom. The van der Waals surface area contributed by atoms with Crippen LogP contribution < -0.4 is 5.32 Å². The fraction of sp³-hybridized carbons (Fsp3) is 0.455. The predicted octanol–water partition coefficient (Wildman–Crippen LogP) is 0.904. The summed E-state index contributed by atoms with van der Waals surface area (Å²) in [5.41, 5.74) is 2.73. The number of pyridine rings is 1. The zero-order valence-corrected chi connectivity index (χ0v) is 8.75. The molecule has 1 aliphatic rings. The molecule has 2 rings (SSSR count). The minimum atomic E-state index is -0.293. The lowest BCUT2D eigenvalue weighted by atomic mass is 10.1. The molecule has 4 heteroatoms. The second-order valence-corrected chi connectivity index (χ2v) is 3.48. The fourth-order valence-corrected chi connectivity index (χ4v) is 1.67. The van der Waals surface area contributed by atoms with Crippen LogP contribution in [0.3, 0.4) is 0 Å². The third-order valence-electron chi connectivity index (χ3n) is 2.43. The number of esters is 1. The first-order chi connectivity index (χ1) is 7.31. The predicted molar refractivity (Wildman–Crippen MR) is 55.6 cm³/mol. The van der Waals surface area contributed by atoms with Gasteiger partial charge in [0.15, 0.2) is 0 Å². The van der Waals surface area contributed by atoms with Crippen LogP contribution in [0.2, 0.25) is 0 Å². The van der Waals surface area contributed by atoms with Crippen molar-refractivity contribution in [1.82, 2.24) is 10.3 Å². The lowest BCUT2D eigenvalue weighted by molar-refractivity contribution is 0.0525. The van der Waals surface area contributed by atoms with Crippen LogP contribution in [0, 0.1) is 0 Å². The molecule has 0 bridgehead atoms. The summed E-state index contributed by atoms with van der Waals surface area (Å²) in [6.45, 7) is 3.94. The van der Waals surface area contributed by atoms with Crippen LogP contribution in [0.4, 0.5) is 0 Å². The van der Waals surface area contributed by atoms with E-state index in [1.807, 2.05) is 6.07 Å². The van der Waals surface area contributed by atoms with Crippen molar-refractivity contribution in [2.75, 3.05) is 13.2 Å². The summed E-state index contributed by atoms with van der Waals surface area (Å²) in [5, 5.41) is 3.25. The molecule has 1 aliphatic heterocycles. The van der Waals surface area contributed by atoms with Crippen LogP contribution >= 0.6 is 0 Å². The van der Waals surface area contributed by atoms with Crippen LogP contribution in [-0.2, 0) is 17.7 Å². The lowest BCUT2D eigenvalue weighted by Crippen LogP contribution is -2.25. The van der Waals surface area contributed by atoms with E-state index >= 15 is 0 Å². The molecule has 0 atom stereocenters. The summed E-state index contributed by atoms with van der Waals surface area (Å²) >= 11 is 0. The highest BCUT2D eigenvalue weighted by molar-refractivity contribution is 5.89. The van der Waals surface area contributed by atoms with E-state index in [0.29, 0.717) is 12.2 Å². The number of hydrogen-bond donors (Lipinski definition) is 1. The topological polar surface area (TPSA) is 51.2 Å². The molecule has 80 valence electrons. The lowest BCUT2D eigenvalue weighted by Gasteiger charge is -2.16. The van der Waals surface area contributed by atoms with E-state index in [1.165, 1.54) is 0 Å². The maximum atomic E-state index is 11.4. The van der Waals surface area contributed by atoms with E-state index < -0.39 is 0 Å². The van der Waals surface area contributed by atoms with Crippen molar-refractivity contribution < 1.29 is 9.53 Å². The van der Waals surface area contributed by atoms with E-state index in [2.05, 4.69) is 10.3 Å². The molecular weight excluding hydrogens is 192 g/mol. The van der Waals surface area contributed by atoms with Crippen LogP contribution in [0.25, 0.3) is 0 Å². The zero-order chi connectivity index (χ0) is 10.7. The Morgan fingerprint density at radius 3 is 3.33 bits per heavy atom. The summed E-state index contributed by atoms with van der Waals surface area (Å²) < 4.78 is 4.92. The number of rotatable bonds is 2. The van der Waals surface area contributed by atoms with Crippen molar-refractivity contribution in [3.63, 3.8) is 0 Å². The van der Waals surface area contributed by atoms with Gasteiger partial charge in [-0.05, 0) is 18.6 Å². The Morgan fingerprint density at radius 2 is 2.53 bits per heavy atom. The van der Waals surface area contributed by atoms with Gasteiger partial charge in [0.2, 0.25) is 0 Å².